The smallest absolute Gasteiger partial charge is 0.123 e. The highest BCUT2D eigenvalue weighted by molar-refractivity contribution is 5.82. The molecule has 1 aliphatic carbocycles. The van der Waals surface area contributed by atoms with Gasteiger partial charge in [0.25, 0.3) is 0 Å². The SMILES string of the molecule is C=C(C)c1ccc2nc(-c3ccc(F)cc3)c(CCC3CC3C(=C)C)nc2c1. The minimum absolute atomic E-state index is 0.243. The Morgan fingerprint density at radius 3 is 2.43 bits per heavy atom. The Bertz CT molecular complexity index is 1070. The summed E-state index contributed by atoms with van der Waals surface area (Å²) in [6.07, 6.45) is 3.16. The number of hydrogen-bond donors (Lipinski definition) is 0. The second-order valence-corrected chi connectivity index (χ2v) is 8.00. The maximum absolute atomic E-state index is 13.4. The summed E-state index contributed by atoms with van der Waals surface area (Å²) in [6.45, 7) is 12.2. The summed E-state index contributed by atoms with van der Waals surface area (Å²) in [4.78, 5) is 9.86. The van der Waals surface area contributed by atoms with E-state index in [0.29, 0.717) is 11.8 Å². The summed E-state index contributed by atoms with van der Waals surface area (Å²) in [7, 11) is 0. The summed E-state index contributed by atoms with van der Waals surface area (Å²) in [6, 6.07) is 12.6. The fraction of sp³-hybridized carbons (Fsp3) is 0.280. The second kappa shape index (κ2) is 7.31. The molecule has 3 heteroatoms. The van der Waals surface area contributed by atoms with E-state index in [9.17, 15) is 4.39 Å². The zero-order chi connectivity index (χ0) is 19.8. The quantitative estimate of drug-likeness (QED) is 0.455. The number of rotatable bonds is 6. The fourth-order valence-corrected chi connectivity index (χ4v) is 3.86. The van der Waals surface area contributed by atoms with Gasteiger partial charge in [-0.3, -0.25) is 0 Å². The molecule has 1 heterocycles. The van der Waals surface area contributed by atoms with E-state index in [1.807, 2.05) is 19.1 Å². The average molecular weight is 372 g/mol. The molecule has 1 aromatic heterocycles. The lowest BCUT2D eigenvalue weighted by molar-refractivity contribution is 0.628. The van der Waals surface area contributed by atoms with Crippen LogP contribution in [-0.2, 0) is 6.42 Å². The van der Waals surface area contributed by atoms with Crippen molar-refractivity contribution in [3.8, 4) is 11.3 Å². The van der Waals surface area contributed by atoms with Crippen LogP contribution in [0.25, 0.3) is 27.9 Å². The van der Waals surface area contributed by atoms with Gasteiger partial charge in [-0.15, -0.1) is 0 Å². The Kier molecular flexibility index (Phi) is 4.84. The third-order valence-corrected chi connectivity index (χ3v) is 5.65. The summed E-state index contributed by atoms with van der Waals surface area (Å²) in [5.41, 5.74) is 7.82. The number of halogens is 1. The Morgan fingerprint density at radius 1 is 1.04 bits per heavy atom. The number of fused-ring (bicyclic) bond motifs is 1. The molecule has 0 N–H and O–H groups in total. The minimum Gasteiger partial charge on any atom is -0.249 e. The standard InChI is InChI=1S/C25H25FN2/c1-15(2)18-7-11-22-24(14-18)27-23(12-8-19-13-21(19)16(3)4)25(28-22)17-5-9-20(26)10-6-17/h5-7,9-11,14,19,21H,1,3,8,12-13H2,2,4H3. The van der Waals surface area contributed by atoms with E-state index in [2.05, 4.69) is 26.1 Å². The molecule has 1 aliphatic rings. The van der Waals surface area contributed by atoms with Gasteiger partial charge in [-0.1, -0.05) is 30.4 Å². The van der Waals surface area contributed by atoms with Gasteiger partial charge >= 0.3 is 0 Å². The van der Waals surface area contributed by atoms with Crippen molar-refractivity contribution >= 4 is 16.6 Å². The Balaban J connectivity index is 1.73. The highest BCUT2D eigenvalue weighted by Gasteiger charge is 2.36. The summed E-state index contributed by atoms with van der Waals surface area (Å²) in [5.74, 6) is 1.10. The Labute approximate surface area is 165 Å². The Morgan fingerprint density at radius 2 is 1.79 bits per heavy atom. The number of hydrogen-bond acceptors (Lipinski definition) is 2. The third-order valence-electron chi connectivity index (χ3n) is 5.65. The van der Waals surface area contributed by atoms with Crippen molar-refractivity contribution in [3.63, 3.8) is 0 Å². The molecule has 2 atom stereocenters. The lowest BCUT2D eigenvalue weighted by atomic mass is 10.0. The van der Waals surface area contributed by atoms with Crippen LogP contribution in [0, 0.1) is 17.7 Å². The number of aryl methyl sites for hydroxylation is 1. The molecule has 28 heavy (non-hydrogen) atoms. The van der Waals surface area contributed by atoms with Crippen molar-refractivity contribution < 1.29 is 4.39 Å². The van der Waals surface area contributed by atoms with Crippen LogP contribution in [0.4, 0.5) is 4.39 Å². The van der Waals surface area contributed by atoms with Gasteiger partial charge in [-0.2, -0.15) is 0 Å². The molecule has 0 aliphatic heterocycles. The molecule has 0 radical (unpaired) electrons. The predicted octanol–water partition coefficient (Wildman–Crippen LogP) is 6.61. The molecular formula is C25H25FN2. The molecule has 2 unspecified atom stereocenters. The zero-order valence-electron chi connectivity index (χ0n) is 16.5. The number of aromatic nitrogens is 2. The normalized spacial score (nSPS) is 18.2. The van der Waals surface area contributed by atoms with Crippen molar-refractivity contribution in [2.24, 2.45) is 11.8 Å². The lowest BCUT2D eigenvalue weighted by Gasteiger charge is -2.11. The molecule has 4 rings (SSSR count). The molecule has 0 bridgehead atoms. The summed E-state index contributed by atoms with van der Waals surface area (Å²) < 4.78 is 13.4. The van der Waals surface area contributed by atoms with E-state index in [1.165, 1.54) is 24.1 Å². The number of benzene rings is 2. The third kappa shape index (κ3) is 3.75. The summed E-state index contributed by atoms with van der Waals surface area (Å²) in [5, 5.41) is 0. The van der Waals surface area contributed by atoms with E-state index in [-0.39, 0.29) is 5.82 Å². The van der Waals surface area contributed by atoms with Crippen molar-refractivity contribution in [1.82, 2.24) is 9.97 Å². The molecule has 1 fully saturated rings. The van der Waals surface area contributed by atoms with Crippen LogP contribution in [0.1, 0.15) is 37.9 Å². The molecule has 3 aromatic rings. The molecule has 0 spiro atoms. The van der Waals surface area contributed by atoms with E-state index in [0.717, 1.165) is 52.0 Å². The molecule has 0 amide bonds. The van der Waals surface area contributed by atoms with E-state index in [1.54, 1.807) is 12.1 Å². The van der Waals surface area contributed by atoms with Crippen LogP contribution < -0.4 is 0 Å². The van der Waals surface area contributed by atoms with E-state index >= 15 is 0 Å². The first-order valence-electron chi connectivity index (χ1n) is 9.80. The van der Waals surface area contributed by atoms with Crippen molar-refractivity contribution in [3.05, 3.63) is 78.3 Å². The van der Waals surface area contributed by atoms with Crippen LogP contribution in [0.2, 0.25) is 0 Å². The highest BCUT2D eigenvalue weighted by Crippen LogP contribution is 2.46. The van der Waals surface area contributed by atoms with Crippen LogP contribution in [-0.4, -0.2) is 9.97 Å². The van der Waals surface area contributed by atoms with Gasteiger partial charge in [0.2, 0.25) is 0 Å². The minimum atomic E-state index is -0.243. The molecule has 1 saturated carbocycles. The van der Waals surface area contributed by atoms with Crippen LogP contribution in [0.15, 0.2) is 61.2 Å². The molecular weight excluding hydrogens is 347 g/mol. The molecule has 2 nitrogen and oxygen atoms in total. The first-order chi connectivity index (χ1) is 13.4. The predicted molar refractivity (Wildman–Crippen MR) is 114 cm³/mol. The van der Waals surface area contributed by atoms with Crippen LogP contribution in [0.3, 0.4) is 0 Å². The van der Waals surface area contributed by atoms with Gasteiger partial charge in [-0.05, 0) is 86.9 Å². The topological polar surface area (TPSA) is 25.8 Å². The van der Waals surface area contributed by atoms with Crippen molar-refractivity contribution in [1.29, 1.82) is 0 Å². The maximum atomic E-state index is 13.4. The van der Waals surface area contributed by atoms with Gasteiger partial charge in [0.1, 0.15) is 5.82 Å². The monoisotopic (exact) mass is 372 g/mol. The maximum Gasteiger partial charge on any atom is 0.123 e. The average Bonchev–Trinajstić information content (AvgIpc) is 3.46. The summed E-state index contributed by atoms with van der Waals surface area (Å²) >= 11 is 0. The lowest BCUT2D eigenvalue weighted by Crippen LogP contribution is -2.01. The van der Waals surface area contributed by atoms with E-state index < -0.39 is 0 Å². The molecule has 0 saturated heterocycles. The Hall–Kier alpha value is -2.81. The van der Waals surface area contributed by atoms with E-state index in [4.69, 9.17) is 9.97 Å². The first kappa shape index (κ1) is 18.5. The van der Waals surface area contributed by atoms with Crippen molar-refractivity contribution in [2.45, 2.75) is 33.1 Å². The van der Waals surface area contributed by atoms with Gasteiger partial charge in [-0.25, -0.2) is 14.4 Å². The van der Waals surface area contributed by atoms with Gasteiger partial charge < -0.3 is 0 Å². The first-order valence-corrected chi connectivity index (χ1v) is 9.80. The van der Waals surface area contributed by atoms with Crippen molar-refractivity contribution in [2.75, 3.05) is 0 Å². The number of allylic oxidation sites excluding steroid dienone is 2. The second-order valence-electron chi connectivity index (χ2n) is 8.00. The zero-order valence-corrected chi connectivity index (χ0v) is 16.5. The number of nitrogens with zero attached hydrogens (tertiary/aromatic N) is 2. The molecule has 142 valence electrons. The van der Waals surface area contributed by atoms with Gasteiger partial charge in [0, 0.05) is 5.56 Å². The highest BCUT2D eigenvalue weighted by atomic mass is 19.1. The van der Waals surface area contributed by atoms with Crippen LogP contribution in [0.5, 0.6) is 0 Å². The largest absolute Gasteiger partial charge is 0.249 e. The van der Waals surface area contributed by atoms with Gasteiger partial charge in [0.05, 0.1) is 22.4 Å². The van der Waals surface area contributed by atoms with Crippen LogP contribution >= 0.6 is 0 Å². The fourth-order valence-electron chi connectivity index (χ4n) is 3.86. The molecule has 2 aromatic carbocycles. The van der Waals surface area contributed by atoms with Gasteiger partial charge in [0.15, 0.2) is 0 Å².